The van der Waals surface area contributed by atoms with Crippen molar-refractivity contribution in [2.45, 2.75) is 238 Å². The summed E-state index contributed by atoms with van der Waals surface area (Å²) in [5, 5.41) is 9.79. The van der Waals surface area contributed by atoms with Gasteiger partial charge in [0, 0.05) is 19.3 Å². The van der Waals surface area contributed by atoms with Gasteiger partial charge in [0.2, 0.25) is 0 Å². The predicted molar refractivity (Wildman–Crippen MR) is 297 cm³/mol. The van der Waals surface area contributed by atoms with Crippen molar-refractivity contribution in [3.63, 3.8) is 0 Å². The van der Waals surface area contributed by atoms with Crippen molar-refractivity contribution >= 4 is 25.7 Å². The van der Waals surface area contributed by atoms with Crippen LogP contribution in [0, 0.1) is 0 Å². The average molecular weight is 1030 g/mol. The van der Waals surface area contributed by atoms with Crippen molar-refractivity contribution < 1.29 is 52.2 Å². The zero-order valence-electron chi connectivity index (χ0n) is 45.4. The van der Waals surface area contributed by atoms with Crippen LogP contribution in [0.15, 0.2) is 97.2 Å². The highest BCUT2D eigenvalue weighted by atomic mass is 31.2. The van der Waals surface area contributed by atoms with Crippen molar-refractivity contribution in [2.24, 2.45) is 0 Å². The van der Waals surface area contributed by atoms with E-state index in [-0.39, 0.29) is 25.9 Å². The number of rotatable bonds is 51. The van der Waals surface area contributed by atoms with Crippen LogP contribution in [0.25, 0.3) is 0 Å². The maximum Gasteiger partial charge on any atom is 0.472 e. The molecule has 0 aromatic heterocycles. The number of esters is 3. The number of phosphoric ester groups is 1. The number of phosphoric acid groups is 1. The van der Waals surface area contributed by atoms with Crippen LogP contribution in [0.3, 0.4) is 0 Å². The molecule has 0 saturated heterocycles. The van der Waals surface area contributed by atoms with Crippen LogP contribution in [-0.2, 0) is 42.2 Å². The Morgan fingerprint density at radius 1 is 0.403 bits per heavy atom. The number of allylic oxidation sites excluding steroid dienone is 16. The molecular weight excluding hydrogens is 928 g/mol. The van der Waals surface area contributed by atoms with Crippen molar-refractivity contribution in [1.29, 1.82) is 0 Å². The highest BCUT2D eigenvalue weighted by Crippen LogP contribution is 2.43. The first-order valence-corrected chi connectivity index (χ1v) is 29.6. The molecule has 0 aliphatic heterocycles. The van der Waals surface area contributed by atoms with Gasteiger partial charge in [0.1, 0.15) is 12.7 Å². The van der Waals surface area contributed by atoms with Gasteiger partial charge in [0.05, 0.1) is 19.8 Å². The molecule has 3 unspecified atom stereocenters. The predicted octanol–water partition coefficient (Wildman–Crippen LogP) is 16.5. The lowest BCUT2D eigenvalue weighted by Gasteiger charge is -2.21. The van der Waals surface area contributed by atoms with Crippen molar-refractivity contribution in [3.8, 4) is 0 Å². The summed E-state index contributed by atoms with van der Waals surface area (Å²) in [6.45, 7) is 4.33. The van der Waals surface area contributed by atoms with Gasteiger partial charge in [-0.3, -0.25) is 23.4 Å². The fourth-order valence-corrected chi connectivity index (χ4v) is 7.99. The molecule has 0 bridgehead atoms. The van der Waals surface area contributed by atoms with Gasteiger partial charge in [-0.25, -0.2) is 4.57 Å². The molecule has 12 heteroatoms. The van der Waals surface area contributed by atoms with Crippen LogP contribution in [0.2, 0.25) is 0 Å². The molecule has 0 spiro atoms. The molecule has 0 radical (unpaired) electrons. The van der Waals surface area contributed by atoms with E-state index in [1.807, 2.05) is 12.2 Å². The molecule has 0 amide bonds. The molecule has 11 nitrogen and oxygen atoms in total. The van der Waals surface area contributed by atoms with Crippen LogP contribution in [-0.4, -0.2) is 66.5 Å². The number of carbonyl (C=O) groups is 3. The first kappa shape index (κ1) is 68.4. The fourth-order valence-electron chi connectivity index (χ4n) is 7.20. The summed E-state index contributed by atoms with van der Waals surface area (Å²) in [5.41, 5.74) is 0. The summed E-state index contributed by atoms with van der Waals surface area (Å²) in [7, 11) is -4.77. The minimum absolute atomic E-state index is 0.100. The average Bonchev–Trinajstić information content (AvgIpc) is 3.37. The summed E-state index contributed by atoms with van der Waals surface area (Å²) in [5.74, 6) is -1.59. The minimum Gasteiger partial charge on any atom is -0.462 e. The molecule has 0 aromatic rings. The Balaban J connectivity index is 4.80. The Bertz CT molecular complexity index is 1580. The largest absolute Gasteiger partial charge is 0.472 e. The summed E-state index contributed by atoms with van der Waals surface area (Å²) in [6, 6.07) is 0. The molecule has 0 heterocycles. The summed E-state index contributed by atoms with van der Waals surface area (Å²) in [4.78, 5) is 48.4. The van der Waals surface area contributed by atoms with Gasteiger partial charge < -0.3 is 24.2 Å². The summed E-state index contributed by atoms with van der Waals surface area (Å²) < 4.78 is 39.4. The van der Waals surface area contributed by atoms with E-state index in [9.17, 15) is 28.9 Å². The number of aliphatic hydroxyl groups excluding tert-OH is 1. The van der Waals surface area contributed by atoms with Crippen LogP contribution in [0.5, 0.6) is 0 Å². The molecule has 0 fully saturated rings. The van der Waals surface area contributed by atoms with Crippen LogP contribution in [0.1, 0.15) is 226 Å². The SMILES string of the molecule is CC/C=C\C/C=C\C/C=C\C/C=C\CCC(=O)OCC(COP(=O)(O)OCC(CO)OC(=O)CCCCCCC/C=C\C/C=C\CCC)OC(=O)CCCCCCCCCCC/C=C\C/C=C\CCCCC. The zero-order valence-corrected chi connectivity index (χ0v) is 46.3. The smallest absolute Gasteiger partial charge is 0.462 e. The number of unbranched alkanes of at least 4 members (excludes halogenated alkanes) is 18. The summed E-state index contributed by atoms with van der Waals surface area (Å²) in [6.07, 6.45) is 62.4. The number of carbonyl (C=O) groups excluding carboxylic acids is 3. The Hall–Kier alpha value is -3.60. The third-order valence-electron chi connectivity index (χ3n) is 11.5. The van der Waals surface area contributed by atoms with Gasteiger partial charge in [-0.05, 0) is 103 Å². The molecule has 0 aliphatic rings. The number of aliphatic hydroxyl groups is 1. The molecule has 0 aliphatic carbocycles. The van der Waals surface area contributed by atoms with Gasteiger partial charge >= 0.3 is 25.7 Å². The zero-order chi connectivity index (χ0) is 52.7. The van der Waals surface area contributed by atoms with E-state index in [1.54, 1.807) is 0 Å². The third-order valence-corrected chi connectivity index (χ3v) is 12.4. The number of hydrogen-bond acceptors (Lipinski definition) is 10. The topological polar surface area (TPSA) is 155 Å². The van der Waals surface area contributed by atoms with Gasteiger partial charge in [0.25, 0.3) is 0 Å². The lowest BCUT2D eigenvalue weighted by molar-refractivity contribution is -0.161. The van der Waals surface area contributed by atoms with E-state index in [0.717, 1.165) is 116 Å². The normalized spacial score (nSPS) is 14.1. The Kier molecular flexibility index (Phi) is 51.0. The molecule has 3 atom stereocenters. The molecule has 2 N–H and O–H groups in total. The molecule has 0 rings (SSSR count). The second kappa shape index (κ2) is 53.7. The number of ether oxygens (including phenoxy) is 3. The lowest BCUT2D eigenvalue weighted by Crippen LogP contribution is -2.30. The van der Waals surface area contributed by atoms with Crippen LogP contribution < -0.4 is 0 Å². The van der Waals surface area contributed by atoms with Gasteiger partial charge in [0.15, 0.2) is 6.10 Å². The summed E-state index contributed by atoms with van der Waals surface area (Å²) >= 11 is 0. The van der Waals surface area contributed by atoms with E-state index >= 15 is 0 Å². The van der Waals surface area contributed by atoms with E-state index < -0.39 is 57.8 Å². The molecular formula is C60H101O11P. The fraction of sp³-hybridized carbons (Fsp3) is 0.683. The molecule has 0 saturated carbocycles. The number of hydrogen-bond donors (Lipinski definition) is 2. The standard InChI is InChI=1S/C60H101O11P/c1-4-7-10-13-16-19-22-25-26-27-28-29-30-33-36-39-42-45-48-51-60(64)71-57(53-67-58(62)49-46-43-40-37-34-31-23-20-17-14-11-8-5-2)55-69-72(65,66)68-54-56(52-61)70-59(63)50-47-44-41-38-35-32-24-21-18-15-12-9-6-3/h8,11-12,15-17,19-21,24-26,31,34,40,43,56-57,61H,4-7,9-10,13-14,18,22-23,27-30,32-33,35-39,41-42,44-55H2,1-3H3,(H,65,66)/b11-8-,15-12-,19-16-,20-17-,24-21-,26-25-,34-31-,43-40-. The van der Waals surface area contributed by atoms with Gasteiger partial charge in [-0.2, -0.15) is 0 Å². The van der Waals surface area contributed by atoms with Crippen molar-refractivity contribution in [2.75, 3.05) is 26.4 Å². The molecule has 412 valence electrons. The molecule has 0 aromatic carbocycles. The highest BCUT2D eigenvalue weighted by molar-refractivity contribution is 7.47. The Morgan fingerprint density at radius 3 is 1.22 bits per heavy atom. The maximum absolute atomic E-state index is 12.9. The first-order chi connectivity index (χ1) is 35.2. The van der Waals surface area contributed by atoms with E-state index in [1.165, 1.54) is 51.4 Å². The Labute approximate surface area is 438 Å². The maximum atomic E-state index is 12.9. The Morgan fingerprint density at radius 2 is 0.778 bits per heavy atom. The monoisotopic (exact) mass is 1030 g/mol. The van der Waals surface area contributed by atoms with Crippen molar-refractivity contribution in [1.82, 2.24) is 0 Å². The van der Waals surface area contributed by atoms with Gasteiger partial charge in [-0.15, -0.1) is 0 Å². The quantitative estimate of drug-likeness (QED) is 0.0197. The first-order valence-electron chi connectivity index (χ1n) is 28.1. The van der Waals surface area contributed by atoms with Crippen LogP contribution in [0.4, 0.5) is 0 Å². The minimum atomic E-state index is -4.77. The van der Waals surface area contributed by atoms with Crippen LogP contribution >= 0.6 is 7.82 Å². The highest BCUT2D eigenvalue weighted by Gasteiger charge is 2.28. The van der Waals surface area contributed by atoms with Gasteiger partial charge in [-0.1, -0.05) is 201 Å². The second-order valence-corrected chi connectivity index (χ2v) is 19.8. The van der Waals surface area contributed by atoms with E-state index in [0.29, 0.717) is 19.3 Å². The molecule has 72 heavy (non-hydrogen) atoms. The second-order valence-electron chi connectivity index (χ2n) is 18.4. The third kappa shape index (κ3) is 51.3. The van der Waals surface area contributed by atoms with Crippen molar-refractivity contribution in [3.05, 3.63) is 97.2 Å². The van der Waals surface area contributed by atoms with E-state index in [2.05, 4.69) is 106 Å². The lowest BCUT2D eigenvalue weighted by atomic mass is 10.1. The van der Waals surface area contributed by atoms with E-state index in [4.69, 9.17) is 23.3 Å².